The summed E-state index contributed by atoms with van der Waals surface area (Å²) in [4.78, 5) is 20.6. The molecule has 0 saturated carbocycles. The van der Waals surface area contributed by atoms with Crippen LogP contribution in [0.15, 0.2) is 82.2 Å². The summed E-state index contributed by atoms with van der Waals surface area (Å²) in [6, 6.07) is 23.3. The van der Waals surface area contributed by atoms with E-state index in [-0.39, 0.29) is 5.91 Å². The quantitative estimate of drug-likeness (QED) is 0.455. The minimum atomic E-state index is -0.227. The van der Waals surface area contributed by atoms with Crippen LogP contribution >= 0.6 is 0 Å². The zero-order valence-corrected chi connectivity index (χ0v) is 18.4. The maximum atomic E-state index is 13.3. The molecule has 0 aliphatic carbocycles. The number of hydrogen-bond donors (Lipinski definition) is 1. The molecule has 33 heavy (non-hydrogen) atoms. The van der Waals surface area contributed by atoms with Crippen LogP contribution in [0.5, 0.6) is 0 Å². The summed E-state index contributed by atoms with van der Waals surface area (Å²) in [5.41, 5.74) is 7.08. The first kappa shape index (κ1) is 19.8. The number of aryl methyl sites for hydroxylation is 2. The van der Waals surface area contributed by atoms with Gasteiger partial charge in [-0.15, -0.1) is 0 Å². The van der Waals surface area contributed by atoms with Gasteiger partial charge in [-0.2, -0.15) is 0 Å². The molecule has 3 aromatic carbocycles. The van der Waals surface area contributed by atoms with Crippen LogP contribution in [0, 0.1) is 0 Å². The first-order chi connectivity index (χ1) is 16.3. The predicted octanol–water partition coefficient (Wildman–Crippen LogP) is 5.62. The van der Waals surface area contributed by atoms with Crippen molar-refractivity contribution in [1.29, 1.82) is 0 Å². The van der Waals surface area contributed by atoms with Crippen LogP contribution in [0.3, 0.4) is 0 Å². The number of benzene rings is 3. The number of hydrogen-bond acceptors (Lipinski definition) is 4. The Bertz CT molecular complexity index is 1410. The molecule has 0 unspecified atom stereocenters. The number of carbonyl (C=O) groups is 1. The number of anilines is 2. The third kappa shape index (κ3) is 3.69. The SMILES string of the molecule is O=C(Nc1ccccc1)c1cc2cc3c4c(c2oc1=Nc1ccccc1)CCCN4CCC3. The average molecular weight is 436 g/mol. The molecule has 1 N–H and O–H groups in total. The van der Waals surface area contributed by atoms with E-state index in [4.69, 9.17) is 9.41 Å². The molecule has 3 heterocycles. The zero-order chi connectivity index (χ0) is 22.2. The Morgan fingerprint density at radius 3 is 2.42 bits per heavy atom. The van der Waals surface area contributed by atoms with E-state index in [1.807, 2.05) is 66.7 Å². The number of carbonyl (C=O) groups excluding carboxylic acids is 1. The fourth-order valence-electron chi connectivity index (χ4n) is 5.04. The van der Waals surface area contributed by atoms with Crippen molar-refractivity contribution in [2.24, 2.45) is 4.99 Å². The summed E-state index contributed by atoms with van der Waals surface area (Å²) in [5.74, 6) is -0.227. The largest absolute Gasteiger partial charge is 0.437 e. The highest BCUT2D eigenvalue weighted by molar-refractivity contribution is 6.06. The lowest BCUT2D eigenvalue weighted by molar-refractivity contribution is 0.102. The van der Waals surface area contributed by atoms with Crippen LogP contribution in [-0.4, -0.2) is 19.0 Å². The number of fused-ring (bicyclic) bond motifs is 2. The Kier molecular flexibility index (Phi) is 4.95. The minimum absolute atomic E-state index is 0.227. The van der Waals surface area contributed by atoms with Gasteiger partial charge >= 0.3 is 0 Å². The molecule has 1 amide bonds. The maximum absolute atomic E-state index is 13.3. The van der Waals surface area contributed by atoms with E-state index in [2.05, 4.69) is 16.3 Å². The van der Waals surface area contributed by atoms with E-state index in [0.717, 1.165) is 61.1 Å². The lowest BCUT2D eigenvalue weighted by Crippen LogP contribution is -2.34. The van der Waals surface area contributed by atoms with Gasteiger partial charge in [0.2, 0.25) is 5.55 Å². The van der Waals surface area contributed by atoms with Crippen LogP contribution in [0.2, 0.25) is 0 Å². The standard InChI is InChI=1S/C28H25N3O2/c32-27(29-21-10-3-1-4-11-21)24-18-20-17-19-9-7-15-31-16-8-14-23(25(19)31)26(20)33-28(24)30-22-12-5-2-6-13-22/h1-6,10-13,17-18H,7-9,14-16H2,(H,29,32). The molecule has 5 heteroatoms. The molecule has 0 spiro atoms. The van der Waals surface area contributed by atoms with Gasteiger partial charge in [-0.1, -0.05) is 36.4 Å². The van der Waals surface area contributed by atoms with Crippen LogP contribution in [0.4, 0.5) is 17.1 Å². The lowest BCUT2D eigenvalue weighted by atomic mass is 9.90. The zero-order valence-electron chi connectivity index (χ0n) is 18.4. The van der Waals surface area contributed by atoms with Crippen molar-refractivity contribution in [3.63, 3.8) is 0 Å². The number of rotatable bonds is 3. The monoisotopic (exact) mass is 435 g/mol. The van der Waals surface area contributed by atoms with E-state index in [1.54, 1.807) is 0 Å². The summed E-state index contributed by atoms with van der Waals surface area (Å²) in [7, 11) is 0. The van der Waals surface area contributed by atoms with Crippen LogP contribution in [-0.2, 0) is 12.8 Å². The molecule has 0 radical (unpaired) electrons. The van der Waals surface area contributed by atoms with Gasteiger partial charge in [-0.25, -0.2) is 4.99 Å². The molecule has 0 atom stereocenters. The summed E-state index contributed by atoms with van der Waals surface area (Å²) < 4.78 is 6.47. The number of amides is 1. The molecule has 164 valence electrons. The highest BCUT2D eigenvalue weighted by Gasteiger charge is 2.27. The van der Waals surface area contributed by atoms with Gasteiger partial charge in [-0.05, 0) is 67.6 Å². The van der Waals surface area contributed by atoms with Crippen LogP contribution in [0.25, 0.3) is 11.0 Å². The van der Waals surface area contributed by atoms with Crippen molar-refractivity contribution in [1.82, 2.24) is 0 Å². The normalized spacial score (nSPS) is 15.4. The third-order valence-corrected chi connectivity index (χ3v) is 6.49. The van der Waals surface area contributed by atoms with E-state index < -0.39 is 0 Å². The Morgan fingerprint density at radius 1 is 0.909 bits per heavy atom. The topological polar surface area (TPSA) is 57.8 Å². The number of nitrogens with zero attached hydrogens (tertiary/aromatic N) is 2. The molecule has 2 aliphatic rings. The summed E-state index contributed by atoms with van der Waals surface area (Å²) in [6.07, 6.45) is 4.33. The van der Waals surface area contributed by atoms with Crippen LogP contribution in [0.1, 0.15) is 34.3 Å². The second-order valence-electron chi connectivity index (χ2n) is 8.71. The first-order valence-corrected chi connectivity index (χ1v) is 11.6. The molecule has 0 saturated heterocycles. The van der Waals surface area contributed by atoms with Crippen molar-refractivity contribution < 1.29 is 9.21 Å². The van der Waals surface area contributed by atoms with E-state index in [1.165, 1.54) is 16.8 Å². The highest BCUT2D eigenvalue weighted by atomic mass is 16.3. The fraction of sp³-hybridized carbons (Fsp3) is 0.214. The van der Waals surface area contributed by atoms with Gasteiger partial charge in [0, 0.05) is 35.4 Å². The summed E-state index contributed by atoms with van der Waals surface area (Å²) >= 11 is 0. The molecule has 2 aliphatic heterocycles. The molecule has 0 bridgehead atoms. The molecule has 0 fully saturated rings. The second kappa shape index (κ2) is 8.24. The molecule has 6 rings (SSSR count). The molecular weight excluding hydrogens is 410 g/mol. The van der Waals surface area contributed by atoms with E-state index in [0.29, 0.717) is 11.1 Å². The van der Waals surface area contributed by atoms with E-state index in [9.17, 15) is 4.79 Å². The average Bonchev–Trinajstić information content (AvgIpc) is 2.85. The fourth-order valence-corrected chi connectivity index (χ4v) is 5.04. The summed E-state index contributed by atoms with van der Waals surface area (Å²) in [5, 5.41) is 3.96. The summed E-state index contributed by atoms with van der Waals surface area (Å²) in [6.45, 7) is 2.20. The Hall–Kier alpha value is -3.86. The second-order valence-corrected chi connectivity index (χ2v) is 8.71. The Balaban J connectivity index is 1.57. The van der Waals surface area contributed by atoms with Crippen molar-refractivity contribution in [3.8, 4) is 0 Å². The van der Waals surface area contributed by atoms with Gasteiger partial charge in [0.25, 0.3) is 5.91 Å². The molecule has 4 aromatic rings. The van der Waals surface area contributed by atoms with Crippen molar-refractivity contribution >= 4 is 33.9 Å². The maximum Gasteiger partial charge on any atom is 0.261 e. The Morgan fingerprint density at radius 2 is 1.64 bits per heavy atom. The predicted molar refractivity (Wildman–Crippen MR) is 131 cm³/mol. The lowest BCUT2D eigenvalue weighted by Gasteiger charge is -2.37. The van der Waals surface area contributed by atoms with Crippen molar-refractivity contribution in [2.45, 2.75) is 25.7 Å². The van der Waals surface area contributed by atoms with Gasteiger partial charge in [0.15, 0.2) is 0 Å². The van der Waals surface area contributed by atoms with E-state index >= 15 is 0 Å². The number of para-hydroxylation sites is 2. The smallest absolute Gasteiger partial charge is 0.261 e. The van der Waals surface area contributed by atoms with Gasteiger partial charge in [0.05, 0.1) is 5.69 Å². The highest BCUT2D eigenvalue weighted by Crippen LogP contribution is 2.39. The van der Waals surface area contributed by atoms with Gasteiger partial charge in [-0.3, -0.25) is 4.79 Å². The van der Waals surface area contributed by atoms with Crippen molar-refractivity contribution in [3.05, 3.63) is 95.0 Å². The molecule has 1 aromatic heterocycles. The third-order valence-electron chi connectivity index (χ3n) is 6.49. The van der Waals surface area contributed by atoms with Crippen molar-refractivity contribution in [2.75, 3.05) is 23.3 Å². The molecule has 5 nitrogen and oxygen atoms in total. The van der Waals surface area contributed by atoms with Crippen LogP contribution < -0.4 is 15.8 Å². The first-order valence-electron chi connectivity index (χ1n) is 11.6. The van der Waals surface area contributed by atoms with Gasteiger partial charge < -0.3 is 14.6 Å². The number of nitrogens with one attached hydrogen (secondary N) is 1. The molecular formula is C28H25N3O2. The van der Waals surface area contributed by atoms with Gasteiger partial charge in [0.1, 0.15) is 11.1 Å². The Labute approximate surface area is 192 Å². The minimum Gasteiger partial charge on any atom is -0.437 e.